The first-order valence-electron chi connectivity index (χ1n) is 7.79. The zero-order chi connectivity index (χ0) is 12.8. The van der Waals surface area contributed by atoms with E-state index in [0.29, 0.717) is 12.1 Å². The van der Waals surface area contributed by atoms with Crippen molar-refractivity contribution in [3.63, 3.8) is 0 Å². The monoisotopic (exact) mass is 252 g/mol. The SMILES string of the molecule is NC1CCC(NC(=O)CCC2CCCCC2)CC1. The Morgan fingerprint density at radius 1 is 1.00 bits per heavy atom. The molecule has 0 spiro atoms. The van der Waals surface area contributed by atoms with Crippen LogP contribution in [0.3, 0.4) is 0 Å². The molecule has 0 aromatic carbocycles. The van der Waals surface area contributed by atoms with Crippen molar-refractivity contribution >= 4 is 5.91 Å². The van der Waals surface area contributed by atoms with Crippen LogP contribution in [0.2, 0.25) is 0 Å². The van der Waals surface area contributed by atoms with E-state index in [1.54, 1.807) is 0 Å². The fourth-order valence-corrected chi connectivity index (χ4v) is 3.37. The van der Waals surface area contributed by atoms with Crippen molar-refractivity contribution in [1.82, 2.24) is 5.32 Å². The van der Waals surface area contributed by atoms with Gasteiger partial charge in [0.1, 0.15) is 0 Å². The third kappa shape index (κ3) is 4.60. The van der Waals surface area contributed by atoms with Gasteiger partial charge in [0.2, 0.25) is 5.91 Å². The molecule has 2 fully saturated rings. The molecule has 2 aliphatic rings. The van der Waals surface area contributed by atoms with Crippen LogP contribution in [0.15, 0.2) is 0 Å². The lowest BCUT2D eigenvalue weighted by Crippen LogP contribution is -2.40. The van der Waals surface area contributed by atoms with E-state index in [0.717, 1.165) is 44.4 Å². The smallest absolute Gasteiger partial charge is 0.220 e. The predicted octanol–water partition coefficient (Wildman–Crippen LogP) is 2.73. The summed E-state index contributed by atoms with van der Waals surface area (Å²) in [5.41, 5.74) is 5.87. The lowest BCUT2D eigenvalue weighted by atomic mass is 9.86. The van der Waals surface area contributed by atoms with Crippen molar-refractivity contribution in [2.45, 2.75) is 82.7 Å². The molecular weight excluding hydrogens is 224 g/mol. The molecule has 2 aliphatic carbocycles. The van der Waals surface area contributed by atoms with Gasteiger partial charge in [-0.15, -0.1) is 0 Å². The lowest BCUT2D eigenvalue weighted by molar-refractivity contribution is -0.122. The van der Waals surface area contributed by atoms with Crippen molar-refractivity contribution < 1.29 is 4.79 Å². The molecule has 0 unspecified atom stereocenters. The maximum absolute atomic E-state index is 11.9. The summed E-state index contributed by atoms with van der Waals surface area (Å²) in [6, 6.07) is 0.754. The largest absolute Gasteiger partial charge is 0.353 e. The zero-order valence-electron chi connectivity index (χ0n) is 11.5. The summed E-state index contributed by atoms with van der Waals surface area (Å²) < 4.78 is 0. The van der Waals surface area contributed by atoms with Crippen LogP contribution in [0.25, 0.3) is 0 Å². The van der Waals surface area contributed by atoms with Gasteiger partial charge in [-0.1, -0.05) is 32.1 Å². The van der Waals surface area contributed by atoms with E-state index in [1.807, 2.05) is 0 Å². The van der Waals surface area contributed by atoms with E-state index >= 15 is 0 Å². The number of nitrogens with one attached hydrogen (secondary N) is 1. The molecule has 0 aromatic heterocycles. The van der Waals surface area contributed by atoms with Gasteiger partial charge >= 0.3 is 0 Å². The van der Waals surface area contributed by atoms with E-state index in [4.69, 9.17) is 5.73 Å². The summed E-state index contributed by atoms with van der Waals surface area (Å²) in [6.45, 7) is 0. The normalized spacial score (nSPS) is 30.1. The number of amides is 1. The maximum Gasteiger partial charge on any atom is 0.220 e. The average Bonchev–Trinajstić information content (AvgIpc) is 2.40. The highest BCUT2D eigenvalue weighted by molar-refractivity contribution is 5.76. The first-order valence-corrected chi connectivity index (χ1v) is 7.79. The van der Waals surface area contributed by atoms with Gasteiger partial charge in [-0.05, 0) is 38.0 Å². The maximum atomic E-state index is 11.9. The molecule has 0 aromatic rings. The van der Waals surface area contributed by atoms with Crippen LogP contribution < -0.4 is 11.1 Å². The second-order valence-corrected chi connectivity index (χ2v) is 6.22. The van der Waals surface area contributed by atoms with Crippen LogP contribution in [0, 0.1) is 5.92 Å². The van der Waals surface area contributed by atoms with E-state index < -0.39 is 0 Å². The first kappa shape index (κ1) is 13.9. The number of hydrogen-bond donors (Lipinski definition) is 2. The van der Waals surface area contributed by atoms with Gasteiger partial charge < -0.3 is 11.1 Å². The highest BCUT2D eigenvalue weighted by atomic mass is 16.1. The molecule has 0 atom stereocenters. The Morgan fingerprint density at radius 2 is 1.67 bits per heavy atom. The topological polar surface area (TPSA) is 55.1 Å². The van der Waals surface area contributed by atoms with E-state index in [-0.39, 0.29) is 5.91 Å². The number of carbonyl (C=O) groups excluding carboxylic acids is 1. The highest BCUT2D eigenvalue weighted by Gasteiger charge is 2.20. The van der Waals surface area contributed by atoms with Gasteiger partial charge in [0.25, 0.3) is 0 Å². The van der Waals surface area contributed by atoms with Crippen molar-refractivity contribution in [2.24, 2.45) is 11.7 Å². The van der Waals surface area contributed by atoms with Crippen molar-refractivity contribution in [2.75, 3.05) is 0 Å². The highest BCUT2D eigenvalue weighted by Crippen LogP contribution is 2.27. The number of carbonyl (C=O) groups is 1. The minimum Gasteiger partial charge on any atom is -0.353 e. The molecule has 0 bridgehead atoms. The quantitative estimate of drug-likeness (QED) is 0.808. The summed E-state index contributed by atoms with van der Waals surface area (Å²) in [4.78, 5) is 11.9. The Balaban J connectivity index is 1.59. The molecule has 2 rings (SSSR count). The van der Waals surface area contributed by atoms with E-state index in [1.165, 1.54) is 32.1 Å². The summed E-state index contributed by atoms with van der Waals surface area (Å²) >= 11 is 0. The second kappa shape index (κ2) is 7.13. The van der Waals surface area contributed by atoms with Crippen LogP contribution in [-0.4, -0.2) is 18.0 Å². The molecule has 3 nitrogen and oxygen atoms in total. The Morgan fingerprint density at radius 3 is 2.33 bits per heavy atom. The minimum absolute atomic E-state index is 0.265. The third-order valence-electron chi connectivity index (χ3n) is 4.64. The Hall–Kier alpha value is -0.570. The van der Waals surface area contributed by atoms with Crippen molar-refractivity contribution in [3.8, 4) is 0 Å². The van der Waals surface area contributed by atoms with Gasteiger partial charge in [0, 0.05) is 18.5 Å². The number of hydrogen-bond acceptors (Lipinski definition) is 2. The summed E-state index contributed by atoms with van der Waals surface area (Å²) in [7, 11) is 0. The summed E-state index contributed by atoms with van der Waals surface area (Å²) in [5, 5.41) is 3.18. The molecule has 3 N–H and O–H groups in total. The van der Waals surface area contributed by atoms with Crippen molar-refractivity contribution in [3.05, 3.63) is 0 Å². The number of nitrogens with two attached hydrogens (primary N) is 1. The second-order valence-electron chi connectivity index (χ2n) is 6.22. The van der Waals surface area contributed by atoms with Crippen LogP contribution in [0.1, 0.15) is 70.6 Å². The summed E-state index contributed by atoms with van der Waals surface area (Å²) in [5.74, 6) is 1.07. The molecule has 18 heavy (non-hydrogen) atoms. The molecule has 1 amide bonds. The lowest BCUT2D eigenvalue weighted by Gasteiger charge is -2.27. The number of rotatable bonds is 4. The van der Waals surface area contributed by atoms with E-state index in [9.17, 15) is 4.79 Å². The fraction of sp³-hybridized carbons (Fsp3) is 0.933. The fourth-order valence-electron chi connectivity index (χ4n) is 3.37. The molecule has 3 heteroatoms. The molecule has 0 heterocycles. The predicted molar refractivity (Wildman–Crippen MR) is 74.2 cm³/mol. The Labute approximate surface area is 111 Å². The standard InChI is InChI=1S/C15H28N2O/c16-13-7-9-14(10-8-13)17-15(18)11-6-12-4-2-1-3-5-12/h12-14H,1-11,16H2,(H,17,18). The van der Waals surface area contributed by atoms with Gasteiger partial charge in [-0.3, -0.25) is 4.79 Å². The van der Waals surface area contributed by atoms with Crippen molar-refractivity contribution in [1.29, 1.82) is 0 Å². The minimum atomic E-state index is 0.265. The summed E-state index contributed by atoms with van der Waals surface area (Å²) in [6.07, 6.45) is 12.9. The molecule has 0 radical (unpaired) electrons. The van der Waals surface area contributed by atoms with Crippen LogP contribution in [0.5, 0.6) is 0 Å². The Kier molecular flexibility index (Phi) is 5.48. The molecule has 0 aliphatic heterocycles. The van der Waals surface area contributed by atoms with Crippen LogP contribution in [-0.2, 0) is 4.79 Å². The third-order valence-corrected chi connectivity index (χ3v) is 4.64. The van der Waals surface area contributed by atoms with Gasteiger partial charge in [-0.2, -0.15) is 0 Å². The van der Waals surface area contributed by atoms with Crippen LogP contribution >= 0.6 is 0 Å². The zero-order valence-corrected chi connectivity index (χ0v) is 11.5. The molecule has 2 saturated carbocycles. The average molecular weight is 252 g/mol. The molecule has 0 saturated heterocycles. The molecule has 104 valence electrons. The first-order chi connectivity index (χ1) is 8.74. The van der Waals surface area contributed by atoms with Crippen LogP contribution in [0.4, 0.5) is 0 Å². The van der Waals surface area contributed by atoms with Gasteiger partial charge in [-0.25, -0.2) is 0 Å². The van der Waals surface area contributed by atoms with Gasteiger partial charge in [0.15, 0.2) is 0 Å². The van der Waals surface area contributed by atoms with Gasteiger partial charge in [0.05, 0.1) is 0 Å². The Bertz CT molecular complexity index is 253. The molecular formula is C15H28N2O. The van der Waals surface area contributed by atoms with E-state index in [2.05, 4.69) is 5.32 Å².